The minimum Gasteiger partial charge on any atom is -0.394 e. The summed E-state index contributed by atoms with van der Waals surface area (Å²) in [6.45, 7) is 4.03. The molecule has 0 aromatic carbocycles. The number of allylic oxidation sites excluding steroid dienone is 1. The van der Waals surface area contributed by atoms with Gasteiger partial charge in [-0.2, -0.15) is 5.10 Å². The van der Waals surface area contributed by atoms with Gasteiger partial charge in [-0.15, -0.1) is 6.58 Å². The van der Waals surface area contributed by atoms with Crippen molar-refractivity contribution < 1.29 is 9.90 Å². The van der Waals surface area contributed by atoms with Crippen LogP contribution < -0.4 is 0 Å². The van der Waals surface area contributed by atoms with E-state index in [9.17, 15) is 4.79 Å². The van der Waals surface area contributed by atoms with Crippen LogP contribution in [0.25, 0.3) is 0 Å². The molecule has 4 nitrogen and oxygen atoms in total. The standard InChI is InChI=1S/C14H22N2O2/c1-2-3-6-12-11-7-4-5-8-13(11)15-16(9-10-17)14(12)18/h2,11-12,17H,1,3-10H2. The molecule has 1 N–H and O–H groups in total. The number of carbonyl (C=O) groups is 1. The summed E-state index contributed by atoms with van der Waals surface area (Å²) in [7, 11) is 0. The molecule has 1 fully saturated rings. The van der Waals surface area contributed by atoms with E-state index in [4.69, 9.17) is 5.11 Å². The van der Waals surface area contributed by atoms with Gasteiger partial charge in [0.15, 0.2) is 0 Å². The van der Waals surface area contributed by atoms with Crippen molar-refractivity contribution in [3.8, 4) is 0 Å². The molecule has 2 unspecified atom stereocenters. The van der Waals surface area contributed by atoms with E-state index < -0.39 is 0 Å². The largest absolute Gasteiger partial charge is 0.394 e. The maximum atomic E-state index is 12.3. The van der Waals surface area contributed by atoms with Gasteiger partial charge in [-0.05, 0) is 32.1 Å². The molecule has 1 saturated carbocycles. The van der Waals surface area contributed by atoms with Gasteiger partial charge >= 0.3 is 0 Å². The summed E-state index contributed by atoms with van der Waals surface area (Å²) in [5.41, 5.74) is 1.17. The van der Waals surface area contributed by atoms with Crippen LogP contribution in [0.2, 0.25) is 0 Å². The highest BCUT2D eigenvalue weighted by atomic mass is 16.3. The number of aliphatic hydroxyl groups excluding tert-OH is 1. The highest BCUT2D eigenvalue weighted by Gasteiger charge is 2.39. The Morgan fingerprint density at radius 2 is 2.33 bits per heavy atom. The highest BCUT2D eigenvalue weighted by Crippen LogP contribution is 2.35. The van der Waals surface area contributed by atoms with Crippen LogP contribution in [0.1, 0.15) is 38.5 Å². The second-order valence-electron chi connectivity index (χ2n) is 5.10. The fraction of sp³-hybridized carbons (Fsp3) is 0.714. The van der Waals surface area contributed by atoms with Gasteiger partial charge in [0.25, 0.3) is 0 Å². The van der Waals surface area contributed by atoms with Crippen LogP contribution in [0.15, 0.2) is 17.8 Å². The van der Waals surface area contributed by atoms with E-state index in [2.05, 4.69) is 11.7 Å². The first-order valence-corrected chi connectivity index (χ1v) is 6.88. The molecule has 1 aliphatic carbocycles. The van der Waals surface area contributed by atoms with Crippen LogP contribution in [-0.4, -0.2) is 34.9 Å². The van der Waals surface area contributed by atoms with Gasteiger partial charge < -0.3 is 5.11 Å². The summed E-state index contributed by atoms with van der Waals surface area (Å²) in [6, 6.07) is 0. The predicted octanol–water partition coefficient (Wildman–Crippen LogP) is 1.95. The monoisotopic (exact) mass is 250 g/mol. The third-order valence-electron chi connectivity index (χ3n) is 3.93. The first-order valence-electron chi connectivity index (χ1n) is 6.88. The zero-order chi connectivity index (χ0) is 13.0. The average Bonchev–Trinajstić information content (AvgIpc) is 2.39. The SMILES string of the molecule is C=CCCC1C(=O)N(CCO)N=C2CCCCC21. The van der Waals surface area contributed by atoms with Crippen LogP contribution in [0.3, 0.4) is 0 Å². The molecule has 2 aliphatic rings. The number of aliphatic hydroxyl groups is 1. The number of hydrazone groups is 1. The van der Waals surface area contributed by atoms with Crippen molar-refractivity contribution in [1.29, 1.82) is 0 Å². The minimum absolute atomic E-state index is 0.0264. The van der Waals surface area contributed by atoms with Gasteiger partial charge in [-0.1, -0.05) is 12.5 Å². The van der Waals surface area contributed by atoms with Crippen LogP contribution in [-0.2, 0) is 4.79 Å². The first-order chi connectivity index (χ1) is 8.77. The molecule has 1 amide bonds. The van der Waals surface area contributed by atoms with Gasteiger partial charge in [0, 0.05) is 17.5 Å². The summed E-state index contributed by atoms with van der Waals surface area (Å²) in [6.07, 6.45) is 8.05. The van der Waals surface area contributed by atoms with E-state index in [1.807, 2.05) is 6.08 Å². The topological polar surface area (TPSA) is 52.9 Å². The molecule has 0 bridgehead atoms. The normalized spacial score (nSPS) is 27.7. The van der Waals surface area contributed by atoms with E-state index >= 15 is 0 Å². The molecule has 18 heavy (non-hydrogen) atoms. The lowest BCUT2D eigenvalue weighted by atomic mass is 9.75. The molecule has 0 radical (unpaired) electrons. The molecule has 100 valence electrons. The van der Waals surface area contributed by atoms with E-state index in [1.54, 1.807) is 0 Å². The Morgan fingerprint density at radius 1 is 1.50 bits per heavy atom. The summed E-state index contributed by atoms with van der Waals surface area (Å²) >= 11 is 0. The van der Waals surface area contributed by atoms with Gasteiger partial charge in [0.05, 0.1) is 13.2 Å². The number of hydrogen-bond acceptors (Lipinski definition) is 3. The van der Waals surface area contributed by atoms with E-state index in [0.29, 0.717) is 12.5 Å². The van der Waals surface area contributed by atoms with Crippen molar-refractivity contribution in [3.63, 3.8) is 0 Å². The summed E-state index contributed by atoms with van der Waals surface area (Å²) in [5.74, 6) is 0.463. The first kappa shape index (κ1) is 13.3. The lowest BCUT2D eigenvalue weighted by Crippen LogP contribution is -2.46. The van der Waals surface area contributed by atoms with E-state index in [-0.39, 0.29) is 18.4 Å². The number of hydrogen-bond donors (Lipinski definition) is 1. The van der Waals surface area contributed by atoms with Crippen molar-refractivity contribution in [2.45, 2.75) is 38.5 Å². The van der Waals surface area contributed by atoms with Gasteiger partial charge in [-0.3, -0.25) is 4.79 Å². The molecule has 4 heteroatoms. The van der Waals surface area contributed by atoms with Crippen LogP contribution in [0.5, 0.6) is 0 Å². The van der Waals surface area contributed by atoms with Crippen molar-refractivity contribution in [1.82, 2.24) is 5.01 Å². The van der Waals surface area contributed by atoms with Gasteiger partial charge in [0.1, 0.15) is 0 Å². The van der Waals surface area contributed by atoms with Crippen molar-refractivity contribution in [2.24, 2.45) is 16.9 Å². The zero-order valence-corrected chi connectivity index (χ0v) is 10.8. The van der Waals surface area contributed by atoms with Crippen LogP contribution in [0, 0.1) is 11.8 Å². The fourth-order valence-electron chi connectivity index (χ4n) is 3.02. The Kier molecular flexibility index (Phi) is 4.53. The lowest BCUT2D eigenvalue weighted by molar-refractivity contribution is -0.138. The second kappa shape index (κ2) is 6.14. The van der Waals surface area contributed by atoms with Gasteiger partial charge in [-0.25, -0.2) is 5.01 Å². The maximum absolute atomic E-state index is 12.3. The Balaban J connectivity index is 2.18. The predicted molar refractivity (Wildman–Crippen MR) is 71.1 cm³/mol. The Bertz CT molecular complexity index is 352. The quantitative estimate of drug-likeness (QED) is 0.758. The molecule has 0 aromatic rings. The fourth-order valence-corrected chi connectivity index (χ4v) is 3.02. The number of β-amino-alcohol motifs (C(OH)–C–C–N with tert-alkyl or cyclic N) is 1. The second-order valence-corrected chi connectivity index (χ2v) is 5.10. The molecular weight excluding hydrogens is 228 g/mol. The molecule has 1 heterocycles. The summed E-state index contributed by atoms with van der Waals surface area (Å²) in [4.78, 5) is 12.3. The van der Waals surface area contributed by atoms with Gasteiger partial charge in [0.2, 0.25) is 5.91 Å². The Morgan fingerprint density at radius 3 is 3.06 bits per heavy atom. The molecule has 2 rings (SSSR count). The Labute approximate surface area is 108 Å². The minimum atomic E-state index is -0.0264. The van der Waals surface area contributed by atoms with Crippen molar-refractivity contribution in [3.05, 3.63) is 12.7 Å². The van der Waals surface area contributed by atoms with Crippen LogP contribution >= 0.6 is 0 Å². The zero-order valence-electron chi connectivity index (χ0n) is 10.8. The third-order valence-corrected chi connectivity index (χ3v) is 3.93. The average molecular weight is 250 g/mol. The maximum Gasteiger partial charge on any atom is 0.246 e. The molecule has 0 saturated heterocycles. The van der Waals surface area contributed by atoms with Crippen molar-refractivity contribution in [2.75, 3.05) is 13.2 Å². The lowest BCUT2D eigenvalue weighted by Gasteiger charge is -2.38. The smallest absolute Gasteiger partial charge is 0.246 e. The molecule has 0 spiro atoms. The molecular formula is C14H22N2O2. The molecule has 2 atom stereocenters. The Hall–Kier alpha value is -1.16. The highest BCUT2D eigenvalue weighted by molar-refractivity contribution is 5.96. The van der Waals surface area contributed by atoms with Crippen molar-refractivity contribution >= 4 is 11.6 Å². The number of rotatable bonds is 5. The molecule has 1 aliphatic heterocycles. The number of carbonyl (C=O) groups excluding carboxylic acids is 1. The van der Waals surface area contributed by atoms with E-state index in [1.165, 1.54) is 23.6 Å². The number of nitrogens with zero attached hydrogens (tertiary/aromatic N) is 2. The van der Waals surface area contributed by atoms with E-state index in [0.717, 1.165) is 25.7 Å². The molecule has 0 aromatic heterocycles. The third kappa shape index (κ3) is 2.64. The number of amides is 1. The summed E-state index contributed by atoms with van der Waals surface area (Å²) < 4.78 is 0. The number of fused-ring (bicyclic) bond motifs is 1. The van der Waals surface area contributed by atoms with Crippen LogP contribution in [0.4, 0.5) is 0 Å². The summed E-state index contributed by atoms with van der Waals surface area (Å²) in [5, 5.41) is 14.9.